The average Bonchev–Trinajstić information content (AvgIpc) is 3.23. The number of hydrogen-bond acceptors (Lipinski definition) is 8. The summed E-state index contributed by atoms with van der Waals surface area (Å²) in [5.74, 6) is -1.79. The molecule has 0 bridgehead atoms. The number of phosphoric ester groups is 1. The molecular weight excluding hydrogens is 778 g/mol. The number of esters is 1. The quantitative estimate of drug-likeness (QED) is 0.0233. The minimum Gasteiger partial charge on any atom is -0.480 e. The maximum absolute atomic E-state index is 12.7. The van der Waals surface area contributed by atoms with Crippen LogP contribution >= 0.6 is 7.82 Å². The fourth-order valence-electron chi connectivity index (χ4n) is 6.40. The zero-order chi connectivity index (χ0) is 44.0. The van der Waals surface area contributed by atoms with E-state index in [9.17, 15) is 19.0 Å². The molecule has 3 atom stereocenters. The van der Waals surface area contributed by atoms with Gasteiger partial charge in [-0.1, -0.05) is 197 Å². The highest BCUT2D eigenvalue weighted by Gasteiger charge is 2.27. The van der Waals surface area contributed by atoms with Crippen LogP contribution in [0.3, 0.4) is 0 Å². The summed E-state index contributed by atoms with van der Waals surface area (Å²) in [7, 11) is -4.62. The largest absolute Gasteiger partial charge is 0.480 e. The first-order chi connectivity index (χ1) is 29.2. The van der Waals surface area contributed by atoms with Gasteiger partial charge < -0.3 is 25.2 Å². The molecule has 60 heavy (non-hydrogen) atoms. The van der Waals surface area contributed by atoms with Crippen molar-refractivity contribution in [1.29, 1.82) is 0 Å². The summed E-state index contributed by atoms with van der Waals surface area (Å²) in [4.78, 5) is 33.6. The summed E-state index contributed by atoms with van der Waals surface area (Å²) < 4.78 is 33.4. The van der Waals surface area contributed by atoms with Gasteiger partial charge in [0, 0.05) is 13.0 Å². The van der Waals surface area contributed by atoms with Crippen LogP contribution in [0.25, 0.3) is 0 Å². The molecule has 0 spiro atoms. The van der Waals surface area contributed by atoms with Crippen molar-refractivity contribution in [2.24, 2.45) is 5.73 Å². The monoisotopic (exact) mass is 866 g/mol. The molecule has 0 heterocycles. The number of rotatable bonds is 45. The molecule has 0 aromatic carbocycles. The van der Waals surface area contributed by atoms with E-state index in [0.29, 0.717) is 13.0 Å². The van der Waals surface area contributed by atoms with Crippen molar-refractivity contribution in [2.75, 3.05) is 26.4 Å². The zero-order valence-corrected chi connectivity index (χ0v) is 38.9. The molecule has 4 N–H and O–H groups in total. The van der Waals surface area contributed by atoms with Gasteiger partial charge in [-0.05, 0) is 57.8 Å². The Morgan fingerprint density at radius 2 is 0.967 bits per heavy atom. The van der Waals surface area contributed by atoms with Crippen molar-refractivity contribution >= 4 is 19.8 Å². The second kappa shape index (κ2) is 44.7. The summed E-state index contributed by atoms with van der Waals surface area (Å²) >= 11 is 0. The van der Waals surface area contributed by atoms with E-state index in [0.717, 1.165) is 77.0 Å². The maximum Gasteiger partial charge on any atom is 0.472 e. The number of ether oxygens (including phenoxy) is 2. The number of carbonyl (C=O) groups excluding carboxylic acids is 1. The minimum atomic E-state index is -4.62. The second-order valence-corrected chi connectivity index (χ2v) is 17.3. The lowest BCUT2D eigenvalue weighted by molar-refractivity contribution is -0.154. The van der Waals surface area contributed by atoms with E-state index in [-0.39, 0.29) is 13.0 Å². The number of phosphoric acid groups is 1. The molecule has 0 aromatic rings. The average molecular weight is 866 g/mol. The minimum absolute atomic E-state index is 0.0125. The summed E-state index contributed by atoms with van der Waals surface area (Å²) in [6, 6.07) is -1.48. The third-order valence-corrected chi connectivity index (χ3v) is 11.0. The molecule has 0 aliphatic carbocycles. The van der Waals surface area contributed by atoms with Gasteiger partial charge in [0.15, 0.2) is 0 Å². The molecule has 348 valence electrons. The number of carbonyl (C=O) groups is 2. The standard InChI is InChI=1S/C49H88NO9P/c1-3-5-7-9-11-13-15-17-19-20-21-22-23-24-25-26-27-29-31-33-35-37-39-41-48(51)59-46(44-57-60(54,55)58-45-47(50)49(52)53)43-56-42-40-38-36-34-32-30-28-18-16-14-12-10-8-6-4-2/h5,7,11,13,17,19,21-22,24-25,46-47H,3-4,6,8-10,12,14-16,18,20,23,26-45,50H2,1-2H3,(H,52,53)(H,54,55)/b7-5-,13-11-,19-17-,22-21-,25-24-. The smallest absolute Gasteiger partial charge is 0.472 e. The fraction of sp³-hybridized carbons (Fsp3) is 0.755. The Balaban J connectivity index is 4.20. The van der Waals surface area contributed by atoms with Gasteiger partial charge in [-0.15, -0.1) is 0 Å². The Bertz CT molecular complexity index is 1190. The Labute approximate surface area is 366 Å². The molecule has 0 fully saturated rings. The number of unbranched alkanes of at least 4 members (excludes halogenated alkanes) is 21. The van der Waals surface area contributed by atoms with Crippen LogP contribution in [0, 0.1) is 0 Å². The number of carboxylic acids is 1. The van der Waals surface area contributed by atoms with Crippen LogP contribution in [0.5, 0.6) is 0 Å². The lowest BCUT2D eigenvalue weighted by Gasteiger charge is -2.20. The van der Waals surface area contributed by atoms with Gasteiger partial charge in [-0.2, -0.15) is 0 Å². The van der Waals surface area contributed by atoms with E-state index in [2.05, 4.69) is 74.6 Å². The van der Waals surface area contributed by atoms with Crippen LogP contribution in [0.1, 0.15) is 200 Å². The molecule has 11 heteroatoms. The SMILES string of the molecule is CC/C=C\C/C=C\C/C=C\C/C=C\C/C=C\CCCCCCCCCC(=O)OC(COCCCCCCCCCCCCCCCCC)COP(=O)(O)OCC(N)C(=O)O. The van der Waals surface area contributed by atoms with Gasteiger partial charge >= 0.3 is 19.8 Å². The van der Waals surface area contributed by atoms with Crippen molar-refractivity contribution in [3.8, 4) is 0 Å². The van der Waals surface area contributed by atoms with Crippen LogP contribution in [0.4, 0.5) is 0 Å². The Hall–Kier alpha value is -2.33. The summed E-state index contributed by atoms with van der Waals surface area (Å²) in [6.07, 6.45) is 54.1. The van der Waals surface area contributed by atoms with Crippen molar-refractivity contribution in [3.05, 3.63) is 60.8 Å². The molecule has 0 aliphatic heterocycles. The van der Waals surface area contributed by atoms with E-state index >= 15 is 0 Å². The van der Waals surface area contributed by atoms with Crippen LogP contribution in [-0.2, 0) is 32.7 Å². The van der Waals surface area contributed by atoms with E-state index in [1.807, 2.05) is 0 Å². The molecule has 0 rings (SSSR count). The highest BCUT2D eigenvalue weighted by molar-refractivity contribution is 7.47. The molecule has 0 saturated carbocycles. The maximum atomic E-state index is 12.7. The van der Waals surface area contributed by atoms with Crippen LogP contribution in [0.15, 0.2) is 60.8 Å². The van der Waals surface area contributed by atoms with Crippen LogP contribution in [0.2, 0.25) is 0 Å². The number of hydrogen-bond donors (Lipinski definition) is 3. The third kappa shape index (κ3) is 43.7. The normalized spacial score (nSPS) is 14.3. The number of allylic oxidation sites excluding steroid dienone is 10. The molecule has 0 amide bonds. The molecule has 3 unspecified atom stereocenters. The molecule has 0 saturated heterocycles. The first-order valence-corrected chi connectivity index (χ1v) is 25.3. The number of carboxylic acid groups (broad SMARTS) is 1. The lowest BCUT2D eigenvalue weighted by atomic mass is 10.0. The highest BCUT2D eigenvalue weighted by atomic mass is 31.2. The van der Waals surface area contributed by atoms with Gasteiger partial charge in [-0.3, -0.25) is 18.6 Å². The van der Waals surface area contributed by atoms with E-state index in [4.69, 9.17) is 29.4 Å². The Morgan fingerprint density at radius 3 is 1.45 bits per heavy atom. The van der Waals surface area contributed by atoms with Gasteiger partial charge in [-0.25, -0.2) is 4.57 Å². The Kier molecular flexibility index (Phi) is 43.0. The molecular formula is C49H88NO9P. The molecule has 10 nitrogen and oxygen atoms in total. The lowest BCUT2D eigenvalue weighted by Crippen LogP contribution is -2.34. The van der Waals surface area contributed by atoms with Crippen LogP contribution in [-0.4, -0.2) is 60.5 Å². The third-order valence-electron chi connectivity index (χ3n) is 10.1. The van der Waals surface area contributed by atoms with E-state index < -0.39 is 45.1 Å². The number of aliphatic carboxylic acids is 1. The van der Waals surface area contributed by atoms with E-state index in [1.165, 1.54) is 96.3 Å². The first-order valence-electron chi connectivity index (χ1n) is 23.8. The van der Waals surface area contributed by atoms with Crippen molar-refractivity contribution in [1.82, 2.24) is 0 Å². The predicted octanol–water partition coefficient (Wildman–Crippen LogP) is 13.6. The topological polar surface area (TPSA) is 155 Å². The predicted molar refractivity (Wildman–Crippen MR) is 249 cm³/mol. The summed E-state index contributed by atoms with van der Waals surface area (Å²) in [6.45, 7) is 3.77. The zero-order valence-electron chi connectivity index (χ0n) is 38.0. The molecule has 0 aliphatic rings. The molecule has 0 aromatic heterocycles. The van der Waals surface area contributed by atoms with Crippen molar-refractivity contribution in [3.63, 3.8) is 0 Å². The Morgan fingerprint density at radius 1 is 0.550 bits per heavy atom. The highest BCUT2D eigenvalue weighted by Crippen LogP contribution is 2.43. The van der Waals surface area contributed by atoms with Gasteiger partial charge in [0.25, 0.3) is 0 Å². The van der Waals surface area contributed by atoms with Crippen molar-refractivity contribution < 1.29 is 42.7 Å². The first kappa shape index (κ1) is 57.7. The fourth-order valence-corrected chi connectivity index (χ4v) is 7.17. The number of nitrogens with two attached hydrogens (primary N) is 1. The summed E-state index contributed by atoms with van der Waals surface area (Å²) in [5, 5.41) is 8.91. The van der Waals surface area contributed by atoms with Crippen molar-refractivity contribution in [2.45, 2.75) is 212 Å². The van der Waals surface area contributed by atoms with E-state index in [1.54, 1.807) is 0 Å². The van der Waals surface area contributed by atoms with Gasteiger partial charge in [0.1, 0.15) is 12.1 Å². The second-order valence-electron chi connectivity index (χ2n) is 15.9. The summed E-state index contributed by atoms with van der Waals surface area (Å²) in [5.41, 5.74) is 5.36. The van der Waals surface area contributed by atoms with Gasteiger partial charge in [0.05, 0.1) is 19.8 Å². The van der Waals surface area contributed by atoms with Gasteiger partial charge in [0.2, 0.25) is 0 Å². The van der Waals surface area contributed by atoms with Crippen LogP contribution < -0.4 is 5.73 Å². The molecule has 0 radical (unpaired) electrons.